The van der Waals surface area contributed by atoms with E-state index in [2.05, 4.69) is 6.08 Å². The van der Waals surface area contributed by atoms with Crippen LogP contribution in [0.3, 0.4) is 0 Å². The second-order valence-electron chi connectivity index (χ2n) is 5.60. The molecule has 114 valence electrons. The predicted octanol–water partition coefficient (Wildman–Crippen LogP) is 3.35. The number of fused-ring (bicyclic) bond motifs is 2. The largest absolute Gasteiger partial charge is 0.416 e. The first kappa shape index (κ1) is 14.6. The van der Waals surface area contributed by atoms with Gasteiger partial charge in [0, 0.05) is 18.5 Å². The Morgan fingerprint density at radius 2 is 2.00 bits per heavy atom. The van der Waals surface area contributed by atoms with Gasteiger partial charge in [0.05, 0.1) is 6.04 Å². The molecule has 1 amide bonds. The molecule has 1 aromatic rings. The number of nitrogens with zero attached hydrogens (tertiary/aromatic N) is 1. The minimum atomic E-state index is -0.401. The van der Waals surface area contributed by atoms with E-state index in [4.69, 9.17) is 4.74 Å². The number of carbonyl (C=O) groups excluding carboxylic acids is 2. The van der Waals surface area contributed by atoms with Gasteiger partial charge in [-0.05, 0) is 24.5 Å². The summed E-state index contributed by atoms with van der Waals surface area (Å²) in [6, 6.07) is 8.71. The first-order chi connectivity index (χ1) is 10.7. The number of allylic oxidation sites excluding steroid dienone is 1. The first-order valence-electron chi connectivity index (χ1n) is 7.64. The molecular formula is C18H19NO3. The molecule has 2 atom stereocenters. The van der Waals surface area contributed by atoms with Crippen LogP contribution in [0.4, 0.5) is 4.79 Å². The molecule has 4 rings (SSSR count). The van der Waals surface area contributed by atoms with Crippen molar-refractivity contribution < 1.29 is 14.3 Å². The average molecular weight is 297 g/mol. The number of para-hydroxylation sites is 1. The predicted molar refractivity (Wildman–Crippen MR) is 83.6 cm³/mol. The number of hydrogen-bond donors (Lipinski definition) is 0. The Bertz CT molecular complexity index is 633. The van der Waals surface area contributed by atoms with Gasteiger partial charge in [0.15, 0.2) is 5.78 Å². The van der Waals surface area contributed by atoms with Gasteiger partial charge in [0.2, 0.25) is 0 Å². The normalized spacial score (nSPS) is 23.0. The number of ketones is 1. The average Bonchev–Trinajstić information content (AvgIpc) is 2.87. The number of carbonyl (C=O) groups is 2. The molecule has 3 aliphatic rings. The van der Waals surface area contributed by atoms with E-state index in [-0.39, 0.29) is 17.7 Å². The maximum atomic E-state index is 12.5. The fraction of sp³-hybridized carbons (Fsp3) is 0.333. The van der Waals surface area contributed by atoms with Crippen molar-refractivity contribution in [2.75, 3.05) is 6.54 Å². The van der Waals surface area contributed by atoms with E-state index in [1.54, 1.807) is 17.0 Å². The fourth-order valence-corrected chi connectivity index (χ4v) is 2.94. The highest BCUT2D eigenvalue weighted by molar-refractivity contribution is 5.97. The monoisotopic (exact) mass is 297 g/mol. The third-order valence-electron chi connectivity index (χ3n) is 4.12. The standard InChI is InChI=1S/C18H19NO3/c1-2-17(20)15-10-8-13-9-11-16(15)19(12-13)18(21)22-14-6-4-3-5-7-14/h3-7,9-11,13,16H,2,8,12H2,1H3. The van der Waals surface area contributed by atoms with E-state index < -0.39 is 6.09 Å². The van der Waals surface area contributed by atoms with E-state index in [9.17, 15) is 9.59 Å². The molecule has 0 fully saturated rings. The minimum Gasteiger partial charge on any atom is -0.410 e. The highest BCUT2D eigenvalue weighted by Crippen LogP contribution is 2.30. The number of hydrogen-bond acceptors (Lipinski definition) is 3. The van der Waals surface area contributed by atoms with Crippen LogP contribution >= 0.6 is 0 Å². The van der Waals surface area contributed by atoms with Crippen LogP contribution in [0.2, 0.25) is 0 Å². The van der Waals surface area contributed by atoms with Crippen LogP contribution < -0.4 is 4.74 Å². The smallest absolute Gasteiger partial charge is 0.410 e. The van der Waals surface area contributed by atoms with Gasteiger partial charge < -0.3 is 4.74 Å². The highest BCUT2D eigenvalue weighted by Gasteiger charge is 2.35. The van der Waals surface area contributed by atoms with Crippen molar-refractivity contribution in [3.63, 3.8) is 0 Å². The van der Waals surface area contributed by atoms with Crippen LogP contribution in [-0.2, 0) is 4.79 Å². The summed E-state index contributed by atoms with van der Waals surface area (Å²) >= 11 is 0. The van der Waals surface area contributed by atoms with Crippen molar-refractivity contribution in [3.8, 4) is 5.75 Å². The lowest BCUT2D eigenvalue weighted by molar-refractivity contribution is -0.115. The zero-order chi connectivity index (χ0) is 15.5. The number of ether oxygens (including phenoxy) is 1. The van der Waals surface area contributed by atoms with Crippen molar-refractivity contribution in [2.24, 2.45) is 5.92 Å². The molecule has 0 radical (unpaired) electrons. The SMILES string of the molecule is CCC(=O)C1=CCC2C=CC1N(C(=O)Oc1ccccc1)C2. The molecule has 2 heterocycles. The summed E-state index contributed by atoms with van der Waals surface area (Å²) < 4.78 is 5.44. The van der Waals surface area contributed by atoms with E-state index in [0.717, 1.165) is 6.42 Å². The van der Waals surface area contributed by atoms with Crippen molar-refractivity contribution >= 4 is 11.9 Å². The Morgan fingerprint density at radius 3 is 2.73 bits per heavy atom. The van der Waals surface area contributed by atoms with Crippen LogP contribution in [0, 0.1) is 5.92 Å². The lowest BCUT2D eigenvalue weighted by atomic mass is 9.98. The molecular weight excluding hydrogens is 278 g/mol. The number of Topliss-reactive ketones (excluding diaryl/α,β-unsaturated/α-hetero) is 1. The molecule has 0 aromatic heterocycles. The zero-order valence-corrected chi connectivity index (χ0v) is 12.6. The third kappa shape index (κ3) is 2.82. The first-order valence-corrected chi connectivity index (χ1v) is 7.64. The molecule has 0 saturated heterocycles. The molecule has 22 heavy (non-hydrogen) atoms. The molecule has 4 heteroatoms. The number of amides is 1. The molecule has 4 nitrogen and oxygen atoms in total. The second kappa shape index (κ2) is 6.18. The van der Waals surface area contributed by atoms with Crippen LogP contribution in [0.25, 0.3) is 0 Å². The maximum Gasteiger partial charge on any atom is 0.416 e. The number of rotatable bonds is 3. The quantitative estimate of drug-likeness (QED) is 0.804. The van der Waals surface area contributed by atoms with E-state index >= 15 is 0 Å². The summed E-state index contributed by atoms with van der Waals surface area (Å²) in [5, 5.41) is 0. The summed E-state index contributed by atoms with van der Waals surface area (Å²) in [6.07, 6.45) is 6.88. The van der Waals surface area contributed by atoms with Crippen LogP contribution in [-0.4, -0.2) is 29.4 Å². The lowest BCUT2D eigenvalue weighted by Gasteiger charge is -2.33. The van der Waals surface area contributed by atoms with Gasteiger partial charge in [-0.25, -0.2) is 4.79 Å². The summed E-state index contributed by atoms with van der Waals surface area (Å²) in [7, 11) is 0. The Kier molecular flexibility index (Phi) is 4.09. The van der Waals surface area contributed by atoms with Gasteiger partial charge in [-0.3, -0.25) is 9.69 Å². The van der Waals surface area contributed by atoms with Gasteiger partial charge in [-0.2, -0.15) is 0 Å². The van der Waals surface area contributed by atoms with Crippen LogP contribution in [0.15, 0.2) is 54.1 Å². The second-order valence-corrected chi connectivity index (χ2v) is 5.60. The molecule has 2 unspecified atom stereocenters. The van der Waals surface area contributed by atoms with Crippen molar-refractivity contribution in [2.45, 2.75) is 25.8 Å². The van der Waals surface area contributed by atoms with Gasteiger partial charge in [0.1, 0.15) is 5.75 Å². The Morgan fingerprint density at radius 1 is 1.23 bits per heavy atom. The summed E-state index contributed by atoms with van der Waals surface area (Å²) in [6.45, 7) is 2.43. The lowest BCUT2D eigenvalue weighted by Crippen LogP contribution is -2.46. The zero-order valence-electron chi connectivity index (χ0n) is 12.6. The maximum absolute atomic E-state index is 12.5. The van der Waals surface area contributed by atoms with Crippen molar-refractivity contribution in [1.29, 1.82) is 0 Å². The number of benzene rings is 1. The van der Waals surface area contributed by atoms with Gasteiger partial charge >= 0.3 is 6.09 Å². The summed E-state index contributed by atoms with van der Waals surface area (Å²) in [5.74, 6) is 0.861. The Labute approximate surface area is 130 Å². The van der Waals surface area contributed by atoms with Crippen LogP contribution in [0.1, 0.15) is 19.8 Å². The van der Waals surface area contributed by atoms with Crippen molar-refractivity contribution in [3.05, 3.63) is 54.1 Å². The van der Waals surface area contributed by atoms with Crippen molar-refractivity contribution in [1.82, 2.24) is 4.90 Å². The summed E-state index contributed by atoms with van der Waals surface area (Å²) in [4.78, 5) is 26.3. The Balaban J connectivity index is 1.82. The third-order valence-corrected chi connectivity index (χ3v) is 4.12. The van der Waals surface area contributed by atoms with E-state index in [0.29, 0.717) is 24.3 Å². The molecule has 1 aromatic carbocycles. The van der Waals surface area contributed by atoms with Gasteiger partial charge in [-0.1, -0.05) is 43.4 Å². The summed E-state index contributed by atoms with van der Waals surface area (Å²) in [5.41, 5.74) is 0.712. The highest BCUT2D eigenvalue weighted by atomic mass is 16.6. The fourth-order valence-electron chi connectivity index (χ4n) is 2.94. The molecule has 0 saturated carbocycles. The van der Waals surface area contributed by atoms with Gasteiger partial charge in [0.25, 0.3) is 0 Å². The minimum absolute atomic E-state index is 0.0923. The van der Waals surface area contributed by atoms with Crippen LogP contribution in [0.5, 0.6) is 5.75 Å². The van der Waals surface area contributed by atoms with Gasteiger partial charge in [-0.15, -0.1) is 0 Å². The molecule has 2 aliphatic heterocycles. The molecule has 0 N–H and O–H groups in total. The van der Waals surface area contributed by atoms with E-state index in [1.807, 2.05) is 37.3 Å². The molecule has 0 spiro atoms. The van der Waals surface area contributed by atoms with E-state index in [1.165, 1.54) is 0 Å². The Hall–Kier alpha value is -2.36. The molecule has 2 bridgehead atoms. The molecule has 1 aliphatic carbocycles. The topological polar surface area (TPSA) is 46.6 Å².